The molecule has 0 aromatic heterocycles. The first-order chi connectivity index (χ1) is 25.0. The molecule has 2 aliphatic heterocycles. The largest absolute Gasteiger partial charge is 0.507 e. The van der Waals surface area contributed by atoms with Gasteiger partial charge in [0.1, 0.15) is 11.5 Å². The molecule has 0 spiro atoms. The maximum Gasteiger partial charge on any atom is 0.258 e. The highest BCUT2D eigenvalue weighted by molar-refractivity contribution is 6.32. The molecule has 1 aliphatic carbocycles. The van der Waals surface area contributed by atoms with E-state index in [0.717, 1.165) is 25.7 Å². The Kier molecular flexibility index (Phi) is 11.4. The Hall–Kier alpha value is -4.24. The number of amides is 1. The second kappa shape index (κ2) is 15.8. The van der Waals surface area contributed by atoms with E-state index in [4.69, 9.17) is 23.7 Å². The van der Waals surface area contributed by atoms with E-state index < -0.39 is 70.7 Å². The molecule has 3 aromatic carbocycles. The first-order valence-electron chi connectivity index (χ1n) is 17.8. The number of carbonyl (C=O) groups is 4. The number of phenols is 1. The van der Waals surface area contributed by atoms with Crippen molar-refractivity contribution in [1.82, 2.24) is 4.90 Å². The number of aliphatic hydroxyl groups is 2. The standard InChI is InChI=1S/C39H45NO12/c1-3-4-5-6-7-11-14-48-23-52-28-18-25-17-26-33(34(42)31(25)27-20-40(2)37(45)32(27)28)36(44)39(47,29(41)19-30-50-15-16-51-30)38(46,35(26)43)22-49-21-24-12-9-8-10-13-24/h8-10,12-13,17-18,30,42,46-47H,3-7,11,14-16,19-23H2,1-2H3. The summed E-state index contributed by atoms with van der Waals surface area (Å²) in [5.74, 6) is -4.82. The zero-order chi connectivity index (χ0) is 37.0. The van der Waals surface area contributed by atoms with E-state index in [2.05, 4.69) is 6.92 Å². The Labute approximate surface area is 301 Å². The molecule has 13 heteroatoms. The van der Waals surface area contributed by atoms with Gasteiger partial charge in [-0.05, 0) is 35.1 Å². The Morgan fingerprint density at radius 1 is 0.942 bits per heavy atom. The van der Waals surface area contributed by atoms with Crippen LogP contribution in [-0.4, -0.2) is 101 Å². The summed E-state index contributed by atoms with van der Waals surface area (Å²) in [6.07, 6.45) is 4.74. The number of hydrogen-bond donors (Lipinski definition) is 3. The number of Topliss-reactive ketones (excluding diaryl/α,β-unsaturated/α-hetero) is 3. The van der Waals surface area contributed by atoms with Gasteiger partial charge in [0.15, 0.2) is 24.5 Å². The number of benzene rings is 3. The van der Waals surface area contributed by atoms with Crippen LogP contribution in [0, 0.1) is 0 Å². The number of fused-ring (bicyclic) bond motifs is 4. The van der Waals surface area contributed by atoms with Gasteiger partial charge >= 0.3 is 0 Å². The molecule has 278 valence electrons. The molecule has 3 aliphatic rings. The fraction of sp³-hybridized carbons (Fsp3) is 0.487. The number of unbranched alkanes of at least 4 members (excludes halogenated alkanes) is 5. The first-order valence-corrected chi connectivity index (χ1v) is 17.8. The third-order valence-corrected chi connectivity index (χ3v) is 10.0. The minimum absolute atomic E-state index is 0.0335. The van der Waals surface area contributed by atoms with Crippen LogP contribution in [0.1, 0.15) is 94.1 Å². The molecule has 2 heterocycles. The third kappa shape index (κ3) is 6.84. The molecule has 13 nitrogen and oxygen atoms in total. The molecule has 0 radical (unpaired) electrons. The fourth-order valence-electron chi connectivity index (χ4n) is 7.17. The quantitative estimate of drug-likeness (QED) is 0.103. The maximum atomic E-state index is 14.4. The van der Waals surface area contributed by atoms with E-state index in [-0.39, 0.29) is 55.2 Å². The van der Waals surface area contributed by atoms with Crippen molar-refractivity contribution >= 4 is 34.0 Å². The lowest BCUT2D eigenvalue weighted by molar-refractivity contribution is -0.168. The molecule has 2 atom stereocenters. The van der Waals surface area contributed by atoms with Gasteiger partial charge in [0, 0.05) is 24.5 Å². The molecule has 0 saturated carbocycles. The number of ketones is 3. The molecule has 6 rings (SSSR count). The summed E-state index contributed by atoms with van der Waals surface area (Å²) < 4.78 is 28.0. The van der Waals surface area contributed by atoms with E-state index in [1.165, 1.54) is 29.9 Å². The summed E-state index contributed by atoms with van der Waals surface area (Å²) in [4.78, 5) is 57.4. The van der Waals surface area contributed by atoms with Crippen molar-refractivity contribution in [3.05, 3.63) is 70.3 Å². The Morgan fingerprint density at radius 2 is 1.65 bits per heavy atom. The van der Waals surface area contributed by atoms with Gasteiger partial charge in [-0.25, -0.2) is 0 Å². The number of rotatable bonds is 17. The van der Waals surface area contributed by atoms with E-state index in [1.54, 1.807) is 37.4 Å². The Balaban J connectivity index is 1.36. The normalized spacial score (nSPS) is 21.6. The number of aromatic hydroxyl groups is 1. The highest BCUT2D eigenvalue weighted by Crippen LogP contribution is 2.48. The molecule has 2 unspecified atom stereocenters. The van der Waals surface area contributed by atoms with Gasteiger partial charge in [0.2, 0.25) is 17.2 Å². The van der Waals surface area contributed by atoms with Crippen LogP contribution in [0.3, 0.4) is 0 Å². The predicted octanol–water partition coefficient (Wildman–Crippen LogP) is 4.23. The van der Waals surface area contributed by atoms with Crippen LogP contribution < -0.4 is 4.74 Å². The highest BCUT2D eigenvalue weighted by atomic mass is 16.7. The molecular formula is C39H45NO12. The summed E-state index contributed by atoms with van der Waals surface area (Å²) in [5, 5.41) is 36.2. The van der Waals surface area contributed by atoms with Gasteiger partial charge in [0.25, 0.3) is 5.91 Å². The summed E-state index contributed by atoms with van der Waals surface area (Å²) in [6, 6.07) is 11.5. The zero-order valence-electron chi connectivity index (χ0n) is 29.5. The lowest BCUT2D eigenvalue weighted by atomic mass is 9.64. The average molecular weight is 720 g/mol. The van der Waals surface area contributed by atoms with Crippen LogP contribution in [0.15, 0.2) is 42.5 Å². The number of ether oxygens (including phenoxy) is 5. The van der Waals surface area contributed by atoms with Gasteiger partial charge in [0.05, 0.1) is 50.6 Å². The van der Waals surface area contributed by atoms with Crippen LogP contribution in [0.5, 0.6) is 11.5 Å². The zero-order valence-corrected chi connectivity index (χ0v) is 29.5. The van der Waals surface area contributed by atoms with Crippen molar-refractivity contribution in [2.75, 3.05) is 40.3 Å². The topological polar surface area (TPSA) is 178 Å². The second-order valence-corrected chi connectivity index (χ2v) is 13.6. The fourth-order valence-corrected chi connectivity index (χ4v) is 7.17. The smallest absolute Gasteiger partial charge is 0.258 e. The highest BCUT2D eigenvalue weighted by Gasteiger charge is 2.68. The number of phenolic OH excluding ortho intramolecular Hbond substituents is 1. The van der Waals surface area contributed by atoms with Crippen LogP contribution in [0.4, 0.5) is 0 Å². The molecule has 1 amide bonds. The minimum Gasteiger partial charge on any atom is -0.507 e. The SMILES string of the molecule is CCCCCCCCOCOc1cc2cc3c(c(O)c2c2c1C(=O)N(C)C2)C(=O)C(O)(C(=O)CC1OCCO1)C(O)(COCc1ccccc1)C3=O. The van der Waals surface area contributed by atoms with Crippen molar-refractivity contribution in [3.8, 4) is 11.5 Å². The number of carbonyl (C=O) groups excluding carboxylic acids is 4. The summed E-state index contributed by atoms with van der Waals surface area (Å²) in [6.45, 7) is 1.78. The van der Waals surface area contributed by atoms with Crippen LogP contribution in [0.25, 0.3) is 10.8 Å². The molecular weight excluding hydrogens is 674 g/mol. The van der Waals surface area contributed by atoms with Crippen molar-refractivity contribution in [1.29, 1.82) is 0 Å². The lowest BCUT2D eigenvalue weighted by Gasteiger charge is -2.43. The molecule has 3 aromatic rings. The summed E-state index contributed by atoms with van der Waals surface area (Å²) >= 11 is 0. The molecule has 3 N–H and O–H groups in total. The van der Waals surface area contributed by atoms with Gasteiger partial charge < -0.3 is 43.9 Å². The van der Waals surface area contributed by atoms with Crippen molar-refractivity contribution < 1.29 is 58.2 Å². The average Bonchev–Trinajstić information content (AvgIpc) is 3.76. The predicted molar refractivity (Wildman–Crippen MR) is 186 cm³/mol. The van der Waals surface area contributed by atoms with Crippen LogP contribution in [-0.2, 0) is 36.9 Å². The van der Waals surface area contributed by atoms with Crippen molar-refractivity contribution in [3.63, 3.8) is 0 Å². The molecule has 0 bridgehead atoms. The maximum absolute atomic E-state index is 14.4. The van der Waals surface area contributed by atoms with Crippen LogP contribution >= 0.6 is 0 Å². The van der Waals surface area contributed by atoms with E-state index in [9.17, 15) is 34.5 Å². The monoisotopic (exact) mass is 719 g/mol. The number of nitrogens with zero attached hydrogens (tertiary/aromatic N) is 1. The van der Waals surface area contributed by atoms with Gasteiger partial charge in [-0.2, -0.15) is 0 Å². The Morgan fingerprint density at radius 3 is 2.38 bits per heavy atom. The molecule has 52 heavy (non-hydrogen) atoms. The Bertz CT molecular complexity index is 1840. The van der Waals surface area contributed by atoms with E-state index >= 15 is 0 Å². The first kappa shape index (κ1) is 37.5. The molecule has 1 saturated heterocycles. The number of hydrogen-bond acceptors (Lipinski definition) is 12. The molecule has 1 fully saturated rings. The van der Waals surface area contributed by atoms with Crippen molar-refractivity contribution in [2.24, 2.45) is 0 Å². The summed E-state index contributed by atoms with van der Waals surface area (Å²) in [7, 11) is 1.57. The van der Waals surface area contributed by atoms with Gasteiger partial charge in [-0.1, -0.05) is 69.4 Å². The minimum atomic E-state index is -3.39. The van der Waals surface area contributed by atoms with Crippen LogP contribution in [0.2, 0.25) is 0 Å². The van der Waals surface area contributed by atoms with E-state index in [1.807, 2.05) is 0 Å². The lowest BCUT2D eigenvalue weighted by Crippen LogP contribution is -2.72. The van der Waals surface area contributed by atoms with Gasteiger partial charge in [-0.3, -0.25) is 19.2 Å². The summed E-state index contributed by atoms with van der Waals surface area (Å²) in [5.41, 5.74) is -6.44. The second-order valence-electron chi connectivity index (χ2n) is 13.6. The van der Waals surface area contributed by atoms with E-state index in [0.29, 0.717) is 17.7 Å². The van der Waals surface area contributed by atoms with Crippen molar-refractivity contribution in [2.45, 2.75) is 82.5 Å². The third-order valence-electron chi connectivity index (χ3n) is 10.0. The van der Waals surface area contributed by atoms with Gasteiger partial charge in [-0.15, -0.1) is 0 Å².